The van der Waals surface area contributed by atoms with E-state index in [1.807, 2.05) is 0 Å². The van der Waals surface area contributed by atoms with E-state index in [2.05, 4.69) is 21.2 Å². The third-order valence-electron chi connectivity index (χ3n) is 2.68. The van der Waals surface area contributed by atoms with Gasteiger partial charge in [0.1, 0.15) is 17.1 Å². The van der Waals surface area contributed by atoms with Crippen LogP contribution in [0.4, 0.5) is 15.8 Å². The molecule has 2 aromatic rings. The van der Waals surface area contributed by atoms with E-state index in [9.17, 15) is 9.18 Å². The fourth-order valence-electron chi connectivity index (χ4n) is 1.73. The van der Waals surface area contributed by atoms with E-state index in [1.54, 1.807) is 18.2 Å². The van der Waals surface area contributed by atoms with Gasteiger partial charge in [0, 0.05) is 11.4 Å². The summed E-state index contributed by atoms with van der Waals surface area (Å²) in [6.07, 6.45) is 0. The molecule has 0 heterocycles. The Morgan fingerprint density at radius 2 is 2.10 bits per heavy atom. The van der Waals surface area contributed by atoms with E-state index >= 15 is 0 Å². The first-order valence-corrected chi connectivity index (χ1v) is 6.51. The third-order valence-corrected chi connectivity index (χ3v) is 3.29. The molecule has 0 aliphatic carbocycles. The maximum Gasteiger partial charge on any atom is 0.261 e. The van der Waals surface area contributed by atoms with Gasteiger partial charge in [0.2, 0.25) is 0 Å². The number of rotatable bonds is 3. The lowest BCUT2D eigenvalue weighted by Gasteiger charge is -2.11. The van der Waals surface area contributed by atoms with Crippen LogP contribution in [0.3, 0.4) is 0 Å². The van der Waals surface area contributed by atoms with Crippen LogP contribution in [0.15, 0.2) is 40.9 Å². The predicted molar refractivity (Wildman–Crippen MR) is 79.5 cm³/mol. The van der Waals surface area contributed by atoms with Gasteiger partial charge < -0.3 is 15.8 Å². The number of hydrogen-bond donors (Lipinski definition) is 2. The monoisotopic (exact) mass is 338 g/mol. The van der Waals surface area contributed by atoms with Crippen LogP contribution in [-0.4, -0.2) is 13.0 Å². The summed E-state index contributed by atoms with van der Waals surface area (Å²) in [5.74, 6) is -0.443. The Morgan fingerprint density at radius 1 is 1.35 bits per heavy atom. The van der Waals surface area contributed by atoms with Crippen LogP contribution >= 0.6 is 15.9 Å². The molecular weight excluding hydrogens is 327 g/mol. The average Bonchev–Trinajstić information content (AvgIpc) is 2.42. The Balaban J connectivity index is 2.30. The number of nitrogen functional groups attached to an aromatic ring is 1. The summed E-state index contributed by atoms with van der Waals surface area (Å²) in [5, 5.41) is 2.65. The maximum absolute atomic E-state index is 13.1. The Bertz CT molecular complexity index is 662. The smallest absolute Gasteiger partial charge is 0.261 e. The summed E-state index contributed by atoms with van der Waals surface area (Å²) >= 11 is 3.06. The Hall–Kier alpha value is -2.08. The van der Waals surface area contributed by atoms with Crippen molar-refractivity contribution >= 4 is 33.2 Å². The van der Waals surface area contributed by atoms with E-state index < -0.39 is 11.7 Å². The molecule has 1 amide bonds. The Labute approximate surface area is 123 Å². The summed E-state index contributed by atoms with van der Waals surface area (Å²) in [6.45, 7) is 0. The molecule has 2 rings (SSSR count). The molecule has 0 atom stereocenters. The number of hydrogen-bond acceptors (Lipinski definition) is 3. The van der Waals surface area contributed by atoms with Gasteiger partial charge in [-0.3, -0.25) is 4.79 Å². The second-order valence-corrected chi connectivity index (χ2v) is 4.86. The zero-order chi connectivity index (χ0) is 14.7. The molecule has 0 spiro atoms. The lowest BCUT2D eigenvalue weighted by Crippen LogP contribution is -2.15. The molecule has 0 saturated heterocycles. The van der Waals surface area contributed by atoms with Crippen LogP contribution in [-0.2, 0) is 0 Å². The van der Waals surface area contributed by atoms with E-state index in [4.69, 9.17) is 10.5 Å². The van der Waals surface area contributed by atoms with Crippen molar-refractivity contribution in [3.05, 3.63) is 52.3 Å². The molecule has 20 heavy (non-hydrogen) atoms. The molecule has 3 N–H and O–H groups in total. The third kappa shape index (κ3) is 2.91. The van der Waals surface area contributed by atoms with E-state index in [1.165, 1.54) is 25.3 Å². The lowest BCUT2D eigenvalue weighted by atomic mass is 10.1. The zero-order valence-electron chi connectivity index (χ0n) is 10.6. The largest absolute Gasteiger partial charge is 0.496 e. The molecule has 6 heteroatoms. The number of nitrogens with two attached hydrogens (primary N) is 1. The van der Waals surface area contributed by atoms with Crippen LogP contribution < -0.4 is 15.8 Å². The van der Waals surface area contributed by atoms with Crippen molar-refractivity contribution in [3.63, 3.8) is 0 Å². The quantitative estimate of drug-likeness (QED) is 0.842. The van der Waals surface area contributed by atoms with Crippen molar-refractivity contribution in [2.75, 3.05) is 18.2 Å². The highest BCUT2D eigenvalue weighted by molar-refractivity contribution is 9.10. The number of ether oxygens (including phenoxy) is 1. The second kappa shape index (κ2) is 5.92. The van der Waals surface area contributed by atoms with Crippen molar-refractivity contribution in [1.29, 1.82) is 0 Å². The standard InChI is InChI=1S/C14H12BrFN2O2/c1-20-12-4-2-3-11(17)13(12)14(19)18-8-5-6-10(16)9(15)7-8/h2-7H,17H2,1H3,(H,18,19). The molecule has 4 nitrogen and oxygen atoms in total. The number of carbonyl (C=O) groups excluding carboxylic acids is 1. The number of anilines is 2. The topological polar surface area (TPSA) is 64.3 Å². The van der Waals surface area contributed by atoms with Crippen LogP contribution in [0.25, 0.3) is 0 Å². The number of methoxy groups -OCH3 is 1. The van der Waals surface area contributed by atoms with Crippen molar-refractivity contribution in [1.82, 2.24) is 0 Å². The number of halogens is 2. The van der Waals surface area contributed by atoms with Gasteiger partial charge >= 0.3 is 0 Å². The lowest BCUT2D eigenvalue weighted by molar-refractivity contribution is 0.102. The molecule has 0 aromatic heterocycles. The average molecular weight is 339 g/mol. The van der Waals surface area contributed by atoms with Crippen LogP contribution in [0.1, 0.15) is 10.4 Å². The maximum atomic E-state index is 13.1. The molecule has 0 aliphatic heterocycles. The van der Waals surface area contributed by atoms with Gasteiger partial charge in [0.05, 0.1) is 11.6 Å². The number of nitrogens with one attached hydrogen (secondary N) is 1. The Kier molecular flexibility index (Phi) is 4.24. The molecule has 0 bridgehead atoms. The van der Waals surface area contributed by atoms with E-state index in [-0.39, 0.29) is 10.0 Å². The minimum atomic E-state index is -0.418. The van der Waals surface area contributed by atoms with Gasteiger partial charge in [-0.1, -0.05) is 6.07 Å². The number of benzene rings is 2. The van der Waals surface area contributed by atoms with E-state index in [0.29, 0.717) is 17.1 Å². The molecule has 0 aliphatic rings. The SMILES string of the molecule is COc1cccc(N)c1C(=O)Nc1ccc(F)c(Br)c1. The van der Waals surface area contributed by atoms with Crippen molar-refractivity contribution < 1.29 is 13.9 Å². The van der Waals surface area contributed by atoms with Gasteiger partial charge in [0.15, 0.2) is 0 Å². The predicted octanol–water partition coefficient (Wildman–Crippen LogP) is 3.43. The first-order valence-electron chi connectivity index (χ1n) is 5.72. The summed E-state index contributed by atoms with van der Waals surface area (Å²) in [6, 6.07) is 9.14. The Morgan fingerprint density at radius 3 is 2.75 bits per heavy atom. The minimum absolute atomic E-state index is 0.246. The fraction of sp³-hybridized carbons (Fsp3) is 0.0714. The summed E-state index contributed by atoms with van der Waals surface area (Å²) in [7, 11) is 1.46. The summed E-state index contributed by atoms with van der Waals surface area (Å²) in [5.41, 5.74) is 6.80. The van der Waals surface area contributed by atoms with Gasteiger partial charge in [0.25, 0.3) is 5.91 Å². The second-order valence-electron chi connectivity index (χ2n) is 4.01. The fourth-order valence-corrected chi connectivity index (χ4v) is 2.11. The highest BCUT2D eigenvalue weighted by atomic mass is 79.9. The van der Waals surface area contributed by atoms with E-state index in [0.717, 1.165) is 0 Å². The van der Waals surface area contributed by atoms with Gasteiger partial charge in [-0.15, -0.1) is 0 Å². The summed E-state index contributed by atoms with van der Waals surface area (Å²) in [4.78, 5) is 12.2. The summed E-state index contributed by atoms with van der Waals surface area (Å²) < 4.78 is 18.5. The van der Waals surface area contributed by atoms with Gasteiger partial charge in [-0.05, 0) is 46.3 Å². The normalized spacial score (nSPS) is 10.2. The van der Waals surface area contributed by atoms with Crippen molar-refractivity contribution in [3.8, 4) is 5.75 Å². The van der Waals surface area contributed by atoms with Crippen LogP contribution in [0.5, 0.6) is 5.75 Å². The van der Waals surface area contributed by atoms with Gasteiger partial charge in [-0.25, -0.2) is 4.39 Å². The molecule has 0 saturated carbocycles. The van der Waals surface area contributed by atoms with Crippen LogP contribution in [0.2, 0.25) is 0 Å². The molecule has 2 aromatic carbocycles. The molecule has 104 valence electrons. The van der Waals surface area contributed by atoms with Crippen molar-refractivity contribution in [2.45, 2.75) is 0 Å². The molecule has 0 radical (unpaired) electrons. The molecule has 0 unspecified atom stereocenters. The first-order chi connectivity index (χ1) is 9.52. The van der Waals surface area contributed by atoms with Crippen molar-refractivity contribution in [2.24, 2.45) is 0 Å². The minimum Gasteiger partial charge on any atom is -0.496 e. The first kappa shape index (κ1) is 14.3. The highest BCUT2D eigenvalue weighted by Crippen LogP contribution is 2.26. The molecule has 0 fully saturated rings. The molecular formula is C14H12BrFN2O2. The van der Waals surface area contributed by atoms with Gasteiger partial charge in [-0.2, -0.15) is 0 Å². The zero-order valence-corrected chi connectivity index (χ0v) is 12.2. The van der Waals surface area contributed by atoms with Crippen LogP contribution in [0, 0.1) is 5.82 Å². The number of carbonyl (C=O) groups is 1. The number of amides is 1. The highest BCUT2D eigenvalue weighted by Gasteiger charge is 2.16.